The second-order valence-corrected chi connectivity index (χ2v) is 9.22. The largest absolute Gasteiger partial charge is 0.375 e. The third-order valence-corrected chi connectivity index (χ3v) is 5.97. The Morgan fingerprint density at radius 2 is 1.85 bits per heavy atom. The van der Waals surface area contributed by atoms with Crippen molar-refractivity contribution in [3.8, 4) is 0 Å². The fourth-order valence-corrected chi connectivity index (χ4v) is 4.48. The van der Waals surface area contributed by atoms with Gasteiger partial charge in [0.2, 0.25) is 0 Å². The standard InChI is InChI=1S/C25H36FN5O3/c1-19(2)16-29-11-5-13-30(25(33)23-9-10-27-28(23)3)17-20-15-21(26)7-8-22(20)31(14-6-12-29)24(32)18-34-4/h7-10,15,19H,5-6,11-14,16-18H2,1-4H3. The summed E-state index contributed by atoms with van der Waals surface area (Å²) >= 11 is 0. The fourth-order valence-electron chi connectivity index (χ4n) is 4.48. The molecule has 9 heteroatoms. The van der Waals surface area contributed by atoms with Crippen molar-refractivity contribution in [2.45, 2.75) is 33.2 Å². The van der Waals surface area contributed by atoms with Gasteiger partial charge in [0.25, 0.3) is 11.8 Å². The minimum atomic E-state index is -0.402. The number of rotatable bonds is 5. The maximum absolute atomic E-state index is 14.3. The van der Waals surface area contributed by atoms with Crippen LogP contribution in [-0.2, 0) is 23.1 Å². The highest BCUT2D eigenvalue weighted by molar-refractivity contribution is 5.95. The van der Waals surface area contributed by atoms with Crippen LogP contribution >= 0.6 is 0 Å². The predicted octanol–water partition coefficient (Wildman–Crippen LogP) is 2.93. The SMILES string of the molecule is COCC(=O)N1CCCN(CC(C)C)CCCN(C(=O)c2ccnn2C)Cc2cc(F)ccc21. The lowest BCUT2D eigenvalue weighted by Gasteiger charge is -2.32. The third kappa shape index (κ3) is 6.64. The Morgan fingerprint density at radius 1 is 1.12 bits per heavy atom. The van der Waals surface area contributed by atoms with Crippen LogP contribution in [-0.4, -0.2) is 77.8 Å². The van der Waals surface area contributed by atoms with Crippen LogP contribution in [0.15, 0.2) is 30.5 Å². The molecule has 0 bridgehead atoms. The van der Waals surface area contributed by atoms with Crippen molar-refractivity contribution in [1.82, 2.24) is 19.6 Å². The lowest BCUT2D eigenvalue weighted by molar-refractivity contribution is -0.122. The highest BCUT2D eigenvalue weighted by atomic mass is 19.1. The molecule has 0 atom stereocenters. The summed E-state index contributed by atoms with van der Waals surface area (Å²) in [6.07, 6.45) is 3.18. The summed E-state index contributed by atoms with van der Waals surface area (Å²) < 4.78 is 21.0. The molecule has 0 radical (unpaired) electrons. The van der Waals surface area contributed by atoms with Gasteiger partial charge in [0.15, 0.2) is 0 Å². The zero-order valence-corrected chi connectivity index (χ0v) is 20.7. The van der Waals surface area contributed by atoms with Crippen molar-refractivity contribution in [3.63, 3.8) is 0 Å². The molecular formula is C25H36FN5O3. The third-order valence-electron chi connectivity index (χ3n) is 5.97. The monoisotopic (exact) mass is 473 g/mol. The van der Waals surface area contributed by atoms with Gasteiger partial charge in [-0.25, -0.2) is 4.39 Å². The predicted molar refractivity (Wildman–Crippen MR) is 129 cm³/mol. The van der Waals surface area contributed by atoms with Gasteiger partial charge in [-0.05, 0) is 61.7 Å². The van der Waals surface area contributed by atoms with E-state index < -0.39 is 5.82 Å². The van der Waals surface area contributed by atoms with Crippen LogP contribution in [0.3, 0.4) is 0 Å². The van der Waals surface area contributed by atoms with E-state index >= 15 is 0 Å². The smallest absolute Gasteiger partial charge is 0.272 e. The minimum Gasteiger partial charge on any atom is -0.375 e. The number of carbonyl (C=O) groups excluding carboxylic acids is 2. The number of aryl methyl sites for hydroxylation is 1. The molecule has 186 valence electrons. The molecule has 34 heavy (non-hydrogen) atoms. The summed E-state index contributed by atoms with van der Waals surface area (Å²) in [5.74, 6) is -0.249. The summed E-state index contributed by atoms with van der Waals surface area (Å²) in [7, 11) is 3.21. The van der Waals surface area contributed by atoms with Gasteiger partial charge in [-0.1, -0.05) is 13.8 Å². The lowest BCUT2D eigenvalue weighted by atomic mass is 10.1. The first-order chi connectivity index (χ1) is 16.3. The number of carbonyl (C=O) groups is 2. The van der Waals surface area contributed by atoms with Gasteiger partial charge in [-0.15, -0.1) is 0 Å². The van der Waals surface area contributed by atoms with Gasteiger partial charge >= 0.3 is 0 Å². The molecule has 8 nitrogen and oxygen atoms in total. The highest BCUT2D eigenvalue weighted by Crippen LogP contribution is 2.26. The van der Waals surface area contributed by atoms with Crippen LogP contribution in [0.25, 0.3) is 0 Å². The number of fused-ring (bicyclic) bond motifs is 1. The maximum Gasteiger partial charge on any atom is 0.272 e. The van der Waals surface area contributed by atoms with E-state index in [1.54, 1.807) is 39.9 Å². The van der Waals surface area contributed by atoms with E-state index in [9.17, 15) is 14.0 Å². The molecule has 0 spiro atoms. The number of ether oxygens (including phenoxy) is 1. The summed E-state index contributed by atoms with van der Waals surface area (Å²) in [6, 6.07) is 6.09. The molecule has 1 aliphatic rings. The first kappa shape index (κ1) is 25.8. The molecule has 2 aromatic rings. The Bertz CT molecular complexity index is 977. The van der Waals surface area contributed by atoms with E-state index in [0.717, 1.165) is 32.5 Å². The number of amides is 2. The van der Waals surface area contributed by atoms with Crippen molar-refractivity contribution < 1.29 is 18.7 Å². The van der Waals surface area contributed by atoms with Crippen LogP contribution in [0.1, 0.15) is 42.7 Å². The van der Waals surface area contributed by atoms with Crippen molar-refractivity contribution >= 4 is 17.5 Å². The summed E-state index contributed by atoms with van der Waals surface area (Å²) in [4.78, 5) is 32.2. The van der Waals surface area contributed by atoms with Crippen molar-refractivity contribution in [1.29, 1.82) is 0 Å². The minimum absolute atomic E-state index is 0.0653. The number of benzene rings is 1. The Labute approximate surface area is 201 Å². The number of hydrogen-bond acceptors (Lipinski definition) is 5. The topological polar surface area (TPSA) is 70.9 Å². The number of methoxy groups -OCH3 is 1. The molecule has 2 heterocycles. The zero-order chi connectivity index (χ0) is 24.7. The fraction of sp³-hybridized carbons (Fsp3) is 0.560. The van der Waals surface area contributed by atoms with Gasteiger partial charge < -0.3 is 19.4 Å². The quantitative estimate of drug-likeness (QED) is 0.668. The summed E-state index contributed by atoms with van der Waals surface area (Å²) in [5, 5.41) is 4.13. The molecule has 0 N–H and O–H groups in total. The van der Waals surface area contributed by atoms with E-state index in [1.165, 1.54) is 19.2 Å². The Morgan fingerprint density at radius 3 is 2.50 bits per heavy atom. The Balaban J connectivity index is 2.00. The molecule has 1 aliphatic heterocycles. The number of aromatic nitrogens is 2. The molecule has 0 saturated heterocycles. The van der Waals surface area contributed by atoms with Gasteiger partial charge in [-0.3, -0.25) is 14.3 Å². The van der Waals surface area contributed by atoms with Gasteiger partial charge in [-0.2, -0.15) is 5.10 Å². The second kappa shape index (κ2) is 12.1. The molecule has 1 aromatic carbocycles. The van der Waals surface area contributed by atoms with Gasteiger partial charge in [0, 0.05) is 52.2 Å². The zero-order valence-electron chi connectivity index (χ0n) is 20.7. The number of hydrogen-bond donors (Lipinski definition) is 0. The van der Waals surface area contributed by atoms with E-state index in [-0.39, 0.29) is 25.0 Å². The molecule has 2 amide bonds. The van der Waals surface area contributed by atoms with E-state index in [1.807, 2.05) is 0 Å². The highest BCUT2D eigenvalue weighted by Gasteiger charge is 2.25. The van der Waals surface area contributed by atoms with E-state index in [2.05, 4.69) is 23.8 Å². The Hall–Kier alpha value is -2.78. The van der Waals surface area contributed by atoms with Crippen LogP contribution in [0, 0.1) is 11.7 Å². The number of nitrogens with zero attached hydrogens (tertiary/aromatic N) is 5. The molecule has 1 aromatic heterocycles. The average Bonchev–Trinajstić information content (AvgIpc) is 3.20. The molecule has 0 fully saturated rings. The molecule has 3 rings (SSSR count). The van der Waals surface area contributed by atoms with Crippen molar-refractivity contribution in [3.05, 3.63) is 47.5 Å². The Kier molecular flexibility index (Phi) is 9.18. The van der Waals surface area contributed by atoms with Crippen molar-refractivity contribution in [2.75, 3.05) is 51.3 Å². The molecule has 0 unspecified atom stereocenters. The number of halogens is 1. The molecular weight excluding hydrogens is 437 g/mol. The van der Waals surface area contributed by atoms with Crippen molar-refractivity contribution in [2.24, 2.45) is 13.0 Å². The van der Waals surface area contributed by atoms with E-state index in [4.69, 9.17) is 4.74 Å². The lowest BCUT2D eigenvalue weighted by Crippen LogP contribution is -2.41. The van der Waals surface area contributed by atoms with Crippen LogP contribution < -0.4 is 4.90 Å². The average molecular weight is 474 g/mol. The summed E-state index contributed by atoms with van der Waals surface area (Å²) in [5.41, 5.74) is 1.68. The molecule has 0 aliphatic carbocycles. The second-order valence-electron chi connectivity index (χ2n) is 9.22. The van der Waals surface area contributed by atoms with Crippen LogP contribution in [0.5, 0.6) is 0 Å². The maximum atomic E-state index is 14.3. The number of anilines is 1. The van der Waals surface area contributed by atoms with E-state index in [0.29, 0.717) is 36.0 Å². The normalized spacial score (nSPS) is 16.2. The van der Waals surface area contributed by atoms with Gasteiger partial charge in [0.1, 0.15) is 18.1 Å². The molecule has 0 saturated carbocycles. The van der Waals surface area contributed by atoms with Crippen LogP contribution in [0.4, 0.5) is 10.1 Å². The first-order valence-corrected chi connectivity index (χ1v) is 11.9. The van der Waals surface area contributed by atoms with Gasteiger partial charge in [0.05, 0.1) is 0 Å². The summed E-state index contributed by atoms with van der Waals surface area (Å²) in [6.45, 7) is 8.13. The first-order valence-electron chi connectivity index (χ1n) is 11.9. The van der Waals surface area contributed by atoms with Crippen LogP contribution in [0.2, 0.25) is 0 Å².